The van der Waals surface area contributed by atoms with Crippen molar-refractivity contribution < 1.29 is 19.1 Å². The number of nitriles is 1. The van der Waals surface area contributed by atoms with Crippen LogP contribution >= 0.6 is 15.9 Å². The molecule has 0 aliphatic heterocycles. The van der Waals surface area contributed by atoms with Crippen molar-refractivity contribution in [2.75, 3.05) is 23.8 Å². The Kier molecular flexibility index (Phi) is 6.73. The molecule has 1 fully saturated rings. The van der Waals surface area contributed by atoms with Crippen LogP contribution in [0.15, 0.2) is 40.9 Å². The van der Waals surface area contributed by atoms with Crippen molar-refractivity contribution in [3.63, 3.8) is 0 Å². The monoisotopic (exact) mass is 457 g/mol. The summed E-state index contributed by atoms with van der Waals surface area (Å²) in [6.45, 7) is 1.96. The molecule has 0 atom stereocenters. The van der Waals surface area contributed by atoms with Gasteiger partial charge >= 0.3 is 0 Å². The number of anilines is 2. The molecule has 0 heterocycles. The first-order valence-corrected chi connectivity index (χ1v) is 9.99. The highest BCUT2D eigenvalue weighted by Crippen LogP contribution is 2.36. The number of amides is 2. The van der Waals surface area contributed by atoms with Crippen LogP contribution < -0.4 is 20.1 Å². The number of benzene rings is 2. The van der Waals surface area contributed by atoms with Gasteiger partial charge in [0, 0.05) is 23.4 Å². The van der Waals surface area contributed by atoms with E-state index in [2.05, 4.69) is 26.6 Å². The Bertz CT molecular complexity index is 967. The molecule has 7 nitrogen and oxygen atoms in total. The Hall–Kier alpha value is -3.05. The van der Waals surface area contributed by atoms with E-state index in [0.29, 0.717) is 39.5 Å². The third kappa shape index (κ3) is 5.72. The molecular formula is C21H20BrN3O4. The van der Waals surface area contributed by atoms with Gasteiger partial charge in [-0.1, -0.05) is 6.07 Å². The van der Waals surface area contributed by atoms with Gasteiger partial charge in [0.15, 0.2) is 18.1 Å². The van der Waals surface area contributed by atoms with Crippen molar-refractivity contribution in [3.8, 4) is 17.6 Å². The summed E-state index contributed by atoms with van der Waals surface area (Å²) in [6, 6.07) is 12.2. The molecule has 0 radical (unpaired) electrons. The average molecular weight is 458 g/mol. The maximum Gasteiger partial charge on any atom is 0.262 e. The van der Waals surface area contributed by atoms with Crippen LogP contribution in [0.3, 0.4) is 0 Å². The maximum absolute atomic E-state index is 12.3. The first-order valence-electron chi connectivity index (χ1n) is 9.20. The fraction of sp³-hybridized carbons (Fsp3) is 0.286. The maximum atomic E-state index is 12.3. The van der Waals surface area contributed by atoms with Crippen molar-refractivity contribution in [1.82, 2.24) is 0 Å². The lowest BCUT2D eigenvalue weighted by Gasteiger charge is -2.14. The zero-order chi connectivity index (χ0) is 20.8. The Morgan fingerprint density at radius 3 is 2.55 bits per heavy atom. The van der Waals surface area contributed by atoms with Gasteiger partial charge in [-0.2, -0.15) is 5.26 Å². The van der Waals surface area contributed by atoms with Gasteiger partial charge in [-0.3, -0.25) is 9.59 Å². The summed E-state index contributed by atoms with van der Waals surface area (Å²) in [4.78, 5) is 24.2. The predicted octanol–water partition coefficient (Wildman–Crippen LogP) is 4.09. The zero-order valence-corrected chi connectivity index (χ0v) is 17.4. The number of rotatable bonds is 8. The molecule has 2 N–H and O–H groups in total. The first kappa shape index (κ1) is 20.7. The van der Waals surface area contributed by atoms with Gasteiger partial charge < -0.3 is 20.1 Å². The minimum Gasteiger partial charge on any atom is -0.490 e. The van der Waals surface area contributed by atoms with Gasteiger partial charge in [0.25, 0.3) is 5.91 Å². The van der Waals surface area contributed by atoms with Crippen LogP contribution in [0.4, 0.5) is 11.4 Å². The normalized spacial score (nSPS) is 12.6. The fourth-order valence-corrected chi connectivity index (χ4v) is 3.19. The molecule has 0 spiro atoms. The largest absolute Gasteiger partial charge is 0.490 e. The van der Waals surface area contributed by atoms with Crippen LogP contribution in [-0.2, 0) is 9.59 Å². The molecule has 1 saturated carbocycles. The number of ether oxygens (including phenoxy) is 2. The van der Waals surface area contributed by atoms with Crippen molar-refractivity contribution >= 4 is 39.1 Å². The number of carbonyl (C=O) groups is 2. The van der Waals surface area contributed by atoms with E-state index in [1.807, 2.05) is 13.0 Å². The van der Waals surface area contributed by atoms with Gasteiger partial charge in [-0.25, -0.2) is 0 Å². The van der Waals surface area contributed by atoms with Crippen LogP contribution in [0.1, 0.15) is 25.3 Å². The Morgan fingerprint density at radius 1 is 1.17 bits per heavy atom. The number of nitrogens with one attached hydrogen (secondary N) is 2. The number of hydrogen-bond acceptors (Lipinski definition) is 5. The lowest BCUT2D eigenvalue weighted by Crippen LogP contribution is -2.21. The van der Waals surface area contributed by atoms with E-state index in [1.165, 1.54) is 0 Å². The summed E-state index contributed by atoms with van der Waals surface area (Å²) in [6.07, 6.45) is 1.85. The summed E-state index contributed by atoms with van der Waals surface area (Å²) in [5.41, 5.74) is 1.60. The number of halogens is 1. The van der Waals surface area contributed by atoms with Gasteiger partial charge in [-0.05, 0) is 60.0 Å². The molecule has 0 unspecified atom stereocenters. The molecule has 0 aromatic heterocycles. The van der Waals surface area contributed by atoms with E-state index in [9.17, 15) is 9.59 Å². The van der Waals surface area contributed by atoms with Crippen molar-refractivity contribution in [3.05, 3.63) is 46.4 Å². The fourth-order valence-electron chi connectivity index (χ4n) is 2.63. The molecule has 150 valence electrons. The molecule has 29 heavy (non-hydrogen) atoms. The van der Waals surface area contributed by atoms with Crippen LogP contribution in [0.5, 0.6) is 11.5 Å². The molecule has 0 saturated heterocycles. The van der Waals surface area contributed by atoms with E-state index in [4.69, 9.17) is 14.7 Å². The third-order valence-electron chi connectivity index (χ3n) is 4.15. The highest BCUT2D eigenvalue weighted by molar-refractivity contribution is 9.10. The summed E-state index contributed by atoms with van der Waals surface area (Å²) in [7, 11) is 0. The second kappa shape index (κ2) is 9.43. The van der Waals surface area contributed by atoms with Gasteiger partial charge in [0.2, 0.25) is 5.91 Å². The van der Waals surface area contributed by atoms with E-state index in [1.54, 1.807) is 36.4 Å². The van der Waals surface area contributed by atoms with Crippen LogP contribution in [0, 0.1) is 17.2 Å². The summed E-state index contributed by atoms with van der Waals surface area (Å²) in [5, 5.41) is 14.7. The molecule has 8 heteroatoms. The standard InChI is InChI=1S/C21H20BrN3O4/c1-2-28-18-9-13(11-23)8-17(22)20(18)29-12-19(26)24-15-4-3-5-16(10-15)25-21(27)14-6-7-14/h3-5,8-10,14H,2,6-7,12H2,1H3,(H,24,26)(H,25,27). The molecule has 3 rings (SSSR count). The molecular weight excluding hydrogens is 438 g/mol. The van der Waals surface area contributed by atoms with E-state index in [-0.39, 0.29) is 24.3 Å². The van der Waals surface area contributed by atoms with E-state index in [0.717, 1.165) is 12.8 Å². The van der Waals surface area contributed by atoms with E-state index >= 15 is 0 Å². The van der Waals surface area contributed by atoms with Crippen molar-refractivity contribution in [2.24, 2.45) is 5.92 Å². The predicted molar refractivity (Wildman–Crippen MR) is 112 cm³/mol. The number of carbonyl (C=O) groups excluding carboxylic acids is 2. The first-order chi connectivity index (χ1) is 14.0. The number of hydrogen-bond donors (Lipinski definition) is 2. The SMILES string of the molecule is CCOc1cc(C#N)cc(Br)c1OCC(=O)Nc1cccc(NC(=O)C2CC2)c1. The number of nitrogens with zero attached hydrogens (tertiary/aromatic N) is 1. The Morgan fingerprint density at radius 2 is 1.90 bits per heavy atom. The second-order valence-electron chi connectivity index (χ2n) is 6.51. The van der Waals surface area contributed by atoms with Crippen LogP contribution in [-0.4, -0.2) is 25.0 Å². The Labute approximate surface area is 177 Å². The summed E-state index contributed by atoms with van der Waals surface area (Å²) >= 11 is 3.35. The second-order valence-corrected chi connectivity index (χ2v) is 7.37. The van der Waals surface area contributed by atoms with Crippen molar-refractivity contribution in [1.29, 1.82) is 5.26 Å². The summed E-state index contributed by atoms with van der Waals surface area (Å²) < 4.78 is 11.7. The summed E-state index contributed by atoms with van der Waals surface area (Å²) in [5.74, 6) is 0.481. The molecule has 1 aliphatic rings. The minimum absolute atomic E-state index is 0.00549. The highest BCUT2D eigenvalue weighted by Gasteiger charge is 2.29. The average Bonchev–Trinajstić information content (AvgIpc) is 3.53. The van der Waals surface area contributed by atoms with E-state index < -0.39 is 0 Å². The lowest BCUT2D eigenvalue weighted by atomic mass is 10.2. The van der Waals surface area contributed by atoms with Crippen molar-refractivity contribution in [2.45, 2.75) is 19.8 Å². The molecule has 0 bridgehead atoms. The minimum atomic E-state index is -0.366. The molecule has 2 aromatic carbocycles. The van der Waals surface area contributed by atoms with Gasteiger partial charge in [0.05, 0.1) is 22.7 Å². The van der Waals surface area contributed by atoms with Gasteiger partial charge in [-0.15, -0.1) is 0 Å². The quantitative estimate of drug-likeness (QED) is 0.621. The highest BCUT2D eigenvalue weighted by atomic mass is 79.9. The van der Waals surface area contributed by atoms with Crippen LogP contribution in [0.2, 0.25) is 0 Å². The topological polar surface area (TPSA) is 100 Å². The lowest BCUT2D eigenvalue weighted by molar-refractivity contribution is -0.118. The smallest absolute Gasteiger partial charge is 0.262 e. The third-order valence-corrected chi connectivity index (χ3v) is 4.74. The van der Waals surface area contributed by atoms with Gasteiger partial charge in [0.1, 0.15) is 0 Å². The van der Waals surface area contributed by atoms with Crippen LogP contribution in [0.25, 0.3) is 0 Å². The Balaban J connectivity index is 1.61. The molecule has 1 aliphatic carbocycles. The zero-order valence-electron chi connectivity index (χ0n) is 15.8. The molecule has 2 aromatic rings. The molecule has 2 amide bonds.